The summed E-state index contributed by atoms with van der Waals surface area (Å²) in [6.45, 7) is 0.373. The predicted molar refractivity (Wildman–Crippen MR) is 90.8 cm³/mol. The average molecular weight is 347 g/mol. The monoisotopic (exact) mass is 346 g/mol. The van der Waals surface area contributed by atoms with E-state index in [4.69, 9.17) is 11.6 Å². The van der Waals surface area contributed by atoms with Crippen LogP contribution in [0.2, 0.25) is 5.02 Å². The fourth-order valence-electron chi connectivity index (χ4n) is 2.82. The van der Waals surface area contributed by atoms with Crippen molar-refractivity contribution < 1.29 is 9.59 Å². The van der Waals surface area contributed by atoms with Crippen molar-refractivity contribution >= 4 is 23.4 Å². The van der Waals surface area contributed by atoms with Crippen LogP contribution in [0.25, 0.3) is 5.69 Å². The number of aromatic nitrogens is 2. The van der Waals surface area contributed by atoms with Crippen LogP contribution in [0.4, 0.5) is 0 Å². The van der Waals surface area contributed by atoms with Crippen LogP contribution in [0.3, 0.4) is 0 Å². The largest absolute Gasteiger partial charge is 0.350 e. The van der Waals surface area contributed by atoms with Gasteiger partial charge < -0.3 is 10.2 Å². The van der Waals surface area contributed by atoms with Gasteiger partial charge in [0.25, 0.3) is 0 Å². The van der Waals surface area contributed by atoms with Crippen molar-refractivity contribution in [3.63, 3.8) is 0 Å². The van der Waals surface area contributed by atoms with E-state index in [1.54, 1.807) is 24.0 Å². The fraction of sp³-hybridized carbons (Fsp3) is 0.353. The highest BCUT2D eigenvalue weighted by atomic mass is 35.5. The van der Waals surface area contributed by atoms with Crippen molar-refractivity contribution in [1.82, 2.24) is 20.0 Å². The molecule has 2 aromatic rings. The summed E-state index contributed by atoms with van der Waals surface area (Å²) in [4.78, 5) is 25.5. The first kappa shape index (κ1) is 16.5. The van der Waals surface area contributed by atoms with Crippen molar-refractivity contribution in [1.29, 1.82) is 0 Å². The number of hydrogen-bond donors (Lipinski definition) is 1. The molecule has 2 heterocycles. The van der Waals surface area contributed by atoms with Crippen molar-refractivity contribution in [2.24, 2.45) is 0 Å². The third-order valence-electron chi connectivity index (χ3n) is 4.21. The molecule has 1 aromatic carbocycles. The van der Waals surface area contributed by atoms with Crippen molar-refractivity contribution in [3.05, 3.63) is 47.2 Å². The summed E-state index contributed by atoms with van der Waals surface area (Å²) in [5.41, 5.74) is 1.74. The topological polar surface area (TPSA) is 67.2 Å². The van der Waals surface area contributed by atoms with Gasteiger partial charge in [-0.15, -0.1) is 0 Å². The van der Waals surface area contributed by atoms with Crippen LogP contribution >= 0.6 is 11.6 Å². The maximum Gasteiger partial charge on any atom is 0.243 e. The van der Waals surface area contributed by atoms with E-state index in [0.717, 1.165) is 17.7 Å². The lowest BCUT2D eigenvalue weighted by Gasteiger charge is -2.31. The molecule has 1 aliphatic rings. The summed E-state index contributed by atoms with van der Waals surface area (Å²) in [5.74, 6) is -0.101. The second-order valence-electron chi connectivity index (χ2n) is 5.90. The molecule has 1 atom stereocenters. The third kappa shape index (κ3) is 3.59. The zero-order valence-electron chi connectivity index (χ0n) is 13.4. The molecule has 7 heteroatoms. The molecule has 1 unspecified atom stereocenters. The molecule has 3 rings (SSSR count). The number of benzene rings is 1. The van der Waals surface area contributed by atoms with Gasteiger partial charge in [-0.3, -0.25) is 9.59 Å². The van der Waals surface area contributed by atoms with Crippen LogP contribution in [0.15, 0.2) is 36.7 Å². The van der Waals surface area contributed by atoms with Gasteiger partial charge in [-0.1, -0.05) is 17.7 Å². The zero-order valence-corrected chi connectivity index (χ0v) is 14.2. The first-order chi connectivity index (χ1) is 11.5. The normalized spacial score (nSPS) is 17.8. The lowest BCUT2D eigenvalue weighted by Crippen LogP contribution is -2.49. The smallest absolute Gasteiger partial charge is 0.243 e. The summed E-state index contributed by atoms with van der Waals surface area (Å²) in [6, 6.07) is 7.01. The summed E-state index contributed by atoms with van der Waals surface area (Å²) in [6.07, 6.45) is 5.54. The Morgan fingerprint density at radius 3 is 3.08 bits per heavy atom. The van der Waals surface area contributed by atoms with Gasteiger partial charge in [0.2, 0.25) is 11.8 Å². The van der Waals surface area contributed by atoms with Gasteiger partial charge >= 0.3 is 0 Å². The maximum absolute atomic E-state index is 12.3. The van der Waals surface area contributed by atoms with Crippen LogP contribution < -0.4 is 5.32 Å². The molecule has 0 radical (unpaired) electrons. The Morgan fingerprint density at radius 1 is 1.46 bits per heavy atom. The van der Waals surface area contributed by atoms with Crippen molar-refractivity contribution in [2.45, 2.75) is 31.8 Å². The summed E-state index contributed by atoms with van der Waals surface area (Å²) in [5, 5.41) is 7.81. The van der Waals surface area contributed by atoms with E-state index in [9.17, 15) is 9.59 Å². The van der Waals surface area contributed by atoms with Gasteiger partial charge in [-0.2, -0.15) is 5.10 Å². The summed E-state index contributed by atoms with van der Waals surface area (Å²) >= 11 is 5.99. The Kier molecular flexibility index (Phi) is 4.85. The molecule has 24 heavy (non-hydrogen) atoms. The minimum Gasteiger partial charge on any atom is -0.350 e. The van der Waals surface area contributed by atoms with E-state index < -0.39 is 0 Å². The number of carbonyl (C=O) groups is 2. The van der Waals surface area contributed by atoms with Crippen LogP contribution in [-0.2, 0) is 16.1 Å². The van der Waals surface area contributed by atoms with Crippen LogP contribution in [0.1, 0.15) is 24.8 Å². The van der Waals surface area contributed by atoms with Crippen LogP contribution in [-0.4, -0.2) is 39.6 Å². The van der Waals surface area contributed by atoms with Gasteiger partial charge in [-0.25, -0.2) is 4.68 Å². The first-order valence-electron chi connectivity index (χ1n) is 7.87. The molecule has 0 spiro atoms. The van der Waals surface area contributed by atoms with E-state index in [1.807, 2.05) is 24.4 Å². The van der Waals surface area contributed by atoms with E-state index in [1.165, 1.54) is 4.90 Å². The number of nitrogens with zero attached hydrogens (tertiary/aromatic N) is 3. The number of halogens is 1. The van der Waals surface area contributed by atoms with Gasteiger partial charge in [0.15, 0.2) is 0 Å². The second kappa shape index (κ2) is 7.05. The number of carbonyl (C=O) groups excluding carboxylic acids is 2. The Labute approximate surface area is 145 Å². The van der Waals surface area contributed by atoms with Crippen LogP contribution in [0, 0.1) is 0 Å². The van der Waals surface area contributed by atoms with E-state index in [0.29, 0.717) is 24.4 Å². The number of likely N-dealkylation sites (N-methyl/N-ethyl adjacent to an activating group) is 1. The molecule has 1 saturated heterocycles. The molecule has 1 aliphatic heterocycles. The van der Waals surface area contributed by atoms with Gasteiger partial charge in [0.05, 0.1) is 11.9 Å². The minimum absolute atomic E-state index is 0.0233. The summed E-state index contributed by atoms with van der Waals surface area (Å²) in [7, 11) is 1.68. The highest BCUT2D eigenvalue weighted by molar-refractivity contribution is 6.30. The molecule has 1 fully saturated rings. The van der Waals surface area contributed by atoms with E-state index >= 15 is 0 Å². The molecular formula is C17H19ClN4O2. The van der Waals surface area contributed by atoms with E-state index in [-0.39, 0.29) is 17.9 Å². The Morgan fingerprint density at radius 2 is 2.29 bits per heavy atom. The van der Waals surface area contributed by atoms with Gasteiger partial charge in [0, 0.05) is 36.8 Å². The molecule has 0 saturated carbocycles. The Balaban J connectivity index is 1.61. The number of nitrogens with one attached hydrogen (secondary N) is 1. The zero-order chi connectivity index (χ0) is 17.1. The first-order valence-corrected chi connectivity index (χ1v) is 8.25. The lowest BCUT2D eigenvalue weighted by molar-refractivity contribution is -0.142. The minimum atomic E-state index is -0.380. The third-order valence-corrected chi connectivity index (χ3v) is 4.44. The number of rotatable bonds is 4. The average Bonchev–Trinajstić information content (AvgIpc) is 3.04. The molecule has 126 valence electrons. The molecule has 2 amide bonds. The molecule has 0 bridgehead atoms. The number of hydrogen-bond acceptors (Lipinski definition) is 3. The van der Waals surface area contributed by atoms with Gasteiger partial charge in [-0.05, 0) is 31.0 Å². The molecule has 6 nitrogen and oxygen atoms in total. The van der Waals surface area contributed by atoms with E-state index in [2.05, 4.69) is 10.4 Å². The Hall–Kier alpha value is -2.34. The van der Waals surface area contributed by atoms with Gasteiger partial charge in [0.1, 0.15) is 6.04 Å². The van der Waals surface area contributed by atoms with Crippen molar-refractivity contribution in [3.8, 4) is 5.69 Å². The fourth-order valence-corrected chi connectivity index (χ4v) is 3.00. The highest BCUT2D eigenvalue weighted by Crippen LogP contribution is 2.17. The maximum atomic E-state index is 12.3. The summed E-state index contributed by atoms with van der Waals surface area (Å²) < 4.78 is 1.71. The van der Waals surface area contributed by atoms with Crippen molar-refractivity contribution in [2.75, 3.05) is 7.05 Å². The lowest BCUT2D eigenvalue weighted by atomic mass is 10.0. The second-order valence-corrected chi connectivity index (χ2v) is 6.34. The van der Waals surface area contributed by atoms with Crippen LogP contribution in [0.5, 0.6) is 0 Å². The SMILES string of the molecule is CN1C(=O)CCCC1C(=O)NCc1cnn(-c2cccc(Cl)c2)c1. The predicted octanol–water partition coefficient (Wildman–Crippen LogP) is 2.15. The number of piperidine rings is 1. The number of likely N-dealkylation sites (tertiary alicyclic amines) is 1. The Bertz CT molecular complexity index is 759. The quantitative estimate of drug-likeness (QED) is 0.922. The molecular weight excluding hydrogens is 328 g/mol. The molecule has 1 aromatic heterocycles. The number of amides is 2. The molecule has 1 N–H and O–H groups in total. The standard InChI is InChI=1S/C17H19ClN4O2/c1-21-15(6-3-7-16(21)23)17(24)19-9-12-10-20-22(11-12)14-5-2-4-13(18)8-14/h2,4-5,8,10-11,15H,3,6-7,9H2,1H3,(H,19,24). The molecule has 0 aliphatic carbocycles. The highest BCUT2D eigenvalue weighted by Gasteiger charge is 2.30.